The fraction of sp³-hybridized carbons (Fsp3) is 0.500. The van der Waals surface area contributed by atoms with E-state index in [9.17, 15) is 13.2 Å². The van der Waals surface area contributed by atoms with Gasteiger partial charge in [0.2, 0.25) is 0 Å². The summed E-state index contributed by atoms with van der Waals surface area (Å²) in [5, 5.41) is 2.79. The second kappa shape index (κ2) is 6.03. The zero-order valence-corrected chi connectivity index (χ0v) is 13.1. The minimum atomic E-state index is -3.02. The molecule has 2 amide bonds. The van der Waals surface area contributed by atoms with E-state index >= 15 is 0 Å². The lowest BCUT2D eigenvalue weighted by atomic mass is 10.1. The Morgan fingerprint density at radius 1 is 1.38 bits per heavy atom. The third kappa shape index (κ3) is 3.95. The van der Waals surface area contributed by atoms with Gasteiger partial charge in [0, 0.05) is 24.3 Å². The van der Waals surface area contributed by atoms with Crippen LogP contribution in [-0.4, -0.2) is 43.4 Å². The number of nitrogens with zero attached hydrogens (tertiary/aromatic N) is 1. The van der Waals surface area contributed by atoms with Crippen molar-refractivity contribution in [2.75, 3.05) is 23.4 Å². The Morgan fingerprint density at radius 2 is 2.00 bits per heavy atom. The van der Waals surface area contributed by atoms with Gasteiger partial charge in [0.15, 0.2) is 9.84 Å². The molecular weight excluding hydrogens is 290 g/mol. The molecule has 0 spiro atoms. The third-order valence-corrected chi connectivity index (χ3v) is 5.41. The highest BCUT2D eigenvalue weighted by atomic mass is 32.2. The summed E-state index contributed by atoms with van der Waals surface area (Å²) < 4.78 is 23.0. The van der Waals surface area contributed by atoms with Crippen LogP contribution in [0.1, 0.15) is 25.5 Å². The van der Waals surface area contributed by atoms with Crippen molar-refractivity contribution in [1.29, 1.82) is 0 Å². The van der Waals surface area contributed by atoms with E-state index in [-0.39, 0.29) is 36.2 Å². The summed E-state index contributed by atoms with van der Waals surface area (Å²) in [7, 11) is -3.02. The number of anilines is 1. The number of carbonyl (C=O) groups excluding carboxylic acids is 1. The van der Waals surface area contributed by atoms with Gasteiger partial charge in [0.1, 0.15) is 0 Å². The molecule has 2 atom stereocenters. The number of benzene rings is 1. The van der Waals surface area contributed by atoms with Crippen molar-refractivity contribution in [1.82, 2.24) is 4.90 Å². The molecule has 6 nitrogen and oxygen atoms in total. The summed E-state index contributed by atoms with van der Waals surface area (Å²) >= 11 is 0. The lowest BCUT2D eigenvalue weighted by Gasteiger charge is -2.33. The number of nitrogens with one attached hydrogen (secondary N) is 1. The summed E-state index contributed by atoms with van der Waals surface area (Å²) in [5.74, 6) is 0.0401. The van der Waals surface area contributed by atoms with Gasteiger partial charge in [0.25, 0.3) is 0 Å². The first-order chi connectivity index (χ1) is 9.78. The van der Waals surface area contributed by atoms with Crippen molar-refractivity contribution < 1.29 is 13.2 Å². The Balaban J connectivity index is 2.01. The average molecular weight is 311 g/mol. The van der Waals surface area contributed by atoms with Crippen molar-refractivity contribution in [3.63, 3.8) is 0 Å². The first kappa shape index (κ1) is 15.8. The van der Waals surface area contributed by atoms with E-state index in [0.717, 1.165) is 5.56 Å². The molecule has 1 saturated heterocycles. The molecule has 1 aliphatic rings. The van der Waals surface area contributed by atoms with Crippen LogP contribution in [0.5, 0.6) is 0 Å². The monoisotopic (exact) mass is 311 g/mol. The van der Waals surface area contributed by atoms with E-state index < -0.39 is 9.84 Å². The van der Waals surface area contributed by atoms with Gasteiger partial charge in [-0.05, 0) is 31.5 Å². The summed E-state index contributed by atoms with van der Waals surface area (Å²) in [5.41, 5.74) is 7.44. The van der Waals surface area contributed by atoms with Gasteiger partial charge >= 0.3 is 6.03 Å². The Hall–Kier alpha value is -1.60. The first-order valence-electron chi connectivity index (χ1n) is 6.92. The molecule has 2 rings (SSSR count). The summed E-state index contributed by atoms with van der Waals surface area (Å²) in [6, 6.07) is 6.68. The van der Waals surface area contributed by atoms with Gasteiger partial charge in [-0.2, -0.15) is 0 Å². The van der Waals surface area contributed by atoms with E-state index in [1.807, 2.05) is 19.1 Å². The molecule has 1 aromatic carbocycles. The highest BCUT2D eigenvalue weighted by Crippen LogP contribution is 2.17. The van der Waals surface area contributed by atoms with E-state index in [4.69, 9.17) is 5.73 Å². The molecule has 1 heterocycles. The van der Waals surface area contributed by atoms with E-state index in [2.05, 4.69) is 5.32 Å². The van der Waals surface area contributed by atoms with Crippen molar-refractivity contribution in [2.24, 2.45) is 5.73 Å². The molecule has 0 saturated carbocycles. The van der Waals surface area contributed by atoms with Crippen molar-refractivity contribution in [2.45, 2.75) is 25.9 Å². The van der Waals surface area contributed by atoms with Crippen LogP contribution in [0, 0.1) is 0 Å². The number of rotatable bonds is 2. The van der Waals surface area contributed by atoms with E-state index in [1.54, 1.807) is 24.0 Å². The van der Waals surface area contributed by atoms with Crippen LogP contribution in [0.3, 0.4) is 0 Å². The number of sulfone groups is 1. The largest absolute Gasteiger partial charge is 0.324 e. The molecule has 0 radical (unpaired) electrons. The van der Waals surface area contributed by atoms with Crippen LogP contribution in [0.2, 0.25) is 0 Å². The molecule has 3 N–H and O–H groups in total. The molecule has 1 aromatic rings. The minimum Gasteiger partial charge on any atom is -0.324 e. The van der Waals surface area contributed by atoms with Gasteiger partial charge in [-0.1, -0.05) is 12.1 Å². The van der Waals surface area contributed by atoms with Crippen molar-refractivity contribution in [3.8, 4) is 0 Å². The van der Waals surface area contributed by atoms with E-state index in [0.29, 0.717) is 5.69 Å². The van der Waals surface area contributed by atoms with Crippen LogP contribution in [0.25, 0.3) is 0 Å². The van der Waals surface area contributed by atoms with Gasteiger partial charge in [-0.3, -0.25) is 0 Å². The zero-order valence-electron chi connectivity index (χ0n) is 12.2. The maximum atomic E-state index is 12.2. The Kier molecular flexibility index (Phi) is 4.53. The number of hydrogen-bond acceptors (Lipinski definition) is 4. The van der Waals surface area contributed by atoms with Gasteiger partial charge in [0.05, 0.1) is 11.5 Å². The van der Waals surface area contributed by atoms with Gasteiger partial charge in [-0.15, -0.1) is 0 Å². The number of hydrogen-bond donors (Lipinski definition) is 2. The summed E-state index contributed by atoms with van der Waals surface area (Å²) in [6.07, 6.45) is 0. The predicted octanol–water partition coefficient (Wildman–Crippen LogP) is 1.36. The standard InChI is InChI=1S/C14H21N3O3S/c1-10-9-21(19,20)8-7-17(10)14(18)16-13-5-3-12(4-6-13)11(2)15/h3-6,10-11H,7-9,15H2,1-2H3,(H,16,18). The lowest BCUT2D eigenvalue weighted by molar-refractivity contribution is 0.199. The maximum Gasteiger partial charge on any atom is 0.322 e. The molecule has 21 heavy (non-hydrogen) atoms. The highest BCUT2D eigenvalue weighted by Gasteiger charge is 2.31. The number of nitrogens with two attached hydrogens (primary N) is 1. The average Bonchev–Trinajstić information content (AvgIpc) is 2.37. The molecule has 0 aliphatic carbocycles. The van der Waals surface area contributed by atoms with Gasteiger partial charge in [-0.25, -0.2) is 13.2 Å². The fourth-order valence-electron chi connectivity index (χ4n) is 2.37. The minimum absolute atomic E-state index is 0.0179. The van der Waals surface area contributed by atoms with Crippen LogP contribution in [0.4, 0.5) is 10.5 Å². The molecule has 1 fully saturated rings. The van der Waals surface area contributed by atoms with Crippen molar-refractivity contribution >= 4 is 21.6 Å². The second-order valence-electron chi connectivity index (χ2n) is 5.50. The summed E-state index contributed by atoms with van der Waals surface area (Å²) in [4.78, 5) is 13.8. The van der Waals surface area contributed by atoms with Crippen LogP contribution in [-0.2, 0) is 9.84 Å². The molecule has 116 valence electrons. The van der Waals surface area contributed by atoms with E-state index in [1.165, 1.54) is 0 Å². The lowest BCUT2D eigenvalue weighted by Crippen LogP contribution is -2.51. The number of urea groups is 1. The Labute approximate surface area is 125 Å². The first-order valence-corrected chi connectivity index (χ1v) is 8.74. The second-order valence-corrected chi connectivity index (χ2v) is 7.73. The number of carbonyl (C=O) groups is 1. The molecule has 7 heteroatoms. The number of amides is 2. The normalized spacial score (nSPS) is 22.6. The predicted molar refractivity (Wildman–Crippen MR) is 82.9 cm³/mol. The smallest absolute Gasteiger partial charge is 0.322 e. The topological polar surface area (TPSA) is 92.5 Å². The van der Waals surface area contributed by atoms with Crippen LogP contribution < -0.4 is 11.1 Å². The summed E-state index contributed by atoms with van der Waals surface area (Å²) in [6.45, 7) is 3.87. The molecule has 0 aromatic heterocycles. The SMILES string of the molecule is CC(N)c1ccc(NC(=O)N2CCS(=O)(=O)CC2C)cc1. The molecule has 2 unspecified atom stereocenters. The fourth-order valence-corrected chi connectivity index (χ4v) is 3.92. The quantitative estimate of drug-likeness (QED) is 0.862. The van der Waals surface area contributed by atoms with Gasteiger partial charge < -0.3 is 16.0 Å². The van der Waals surface area contributed by atoms with Crippen LogP contribution in [0.15, 0.2) is 24.3 Å². The Morgan fingerprint density at radius 3 is 2.52 bits per heavy atom. The molecule has 1 aliphatic heterocycles. The van der Waals surface area contributed by atoms with Crippen molar-refractivity contribution in [3.05, 3.63) is 29.8 Å². The zero-order chi connectivity index (χ0) is 15.6. The third-order valence-electron chi connectivity index (χ3n) is 3.62. The molecular formula is C14H21N3O3S. The molecule has 0 bridgehead atoms. The highest BCUT2D eigenvalue weighted by molar-refractivity contribution is 7.91. The Bertz CT molecular complexity index is 611. The van der Waals surface area contributed by atoms with Crippen LogP contribution >= 0.6 is 0 Å². The maximum absolute atomic E-state index is 12.2.